The van der Waals surface area contributed by atoms with Gasteiger partial charge in [0.15, 0.2) is 0 Å². The number of para-hydroxylation sites is 1. The van der Waals surface area contributed by atoms with Crippen molar-refractivity contribution < 1.29 is 9.47 Å². The number of hydrogen-bond acceptors (Lipinski definition) is 3. The summed E-state index contributed by atoms with van der Waals surface area (Å²) >= 11 is 3.68. The number of alkyl halides is 1. The van der Waals surface area contributed by atoms with Crippen LogP contribution in [0, 0.1) is 0 Å². The van der Waals surface area contributed by atoms with E-state index in [9.17, 15) is 0 Å². The minimum Gasteiger partial charge on any atom is -0.496 e. The van der Waals surface area contributed by atoms with Crippen molar-refractivity contribution in [1.82, 2.24) is 5.32 Å². The molecule has 1 saturated heterocycles. The van der Waals surface area contributed by atoms with Gasteiger partial charge < -0.3 is 14.8 Å². The lowest BCUT2D eigenvalue weighted by Crippen LogP contribution is -2.43. The first-order chi connectivity index (χ1) is 11.7. The van der Waals surface area contributed by atoms with Crippen molar-refractivity contribution in [3.63, 3.8) is 0 Å². The van der Waals surface area contributed by atoms with Gasteiger partial charge in [-0.25, -0.2) is 0 Å². The molecular formula is C20H25BrClNO2. The van der Waals surface area contributed by atoms with E-state index >= 15 is 0 Å². The zero-order valence-electron chi connectivity index (χ0n) is 14.4. The van der Waals surface area contributed by atoms with Crippen LogP contribution in [0.3, 0.4) is 0 Å². The fraction of sp³-hybridized carbons (Fsp3) is 0.400. The van der Waals surface area contributed by atoms with Gasteiger partial charge in [-0.2, -0.15) is 0 Å². The molecule has 1 aliphatic rings. The first-order valence-electron chi connectivity index (χ1n) is 8.40. The Morgan fingerprint density at radius 3 is 2.36 bits per heavy atom. The number of benzene rings is 2. The molecule has 5 heteroatoms. The van der Waals surface area contributed by atoms with E-state index in [2.05, 4.69) is 45.5 Å². The summed E-state index contributed by atoms with van der Waals surface area (Å²) in [7, 11) is 1.74. The molecule has 136 valence electrons. The summed E-state index contributed by atoms with van der Waals surface area (Å²) in [4.78, 5) is 0. The smallest absolute Gasteiger partial charge is 0.137 e. The van der Waals surface area contributed by atoms with Crippen LogP contribution in [0.2, 0.25) is 0 Å². The topological polar surface area (TPSA) is 30.5 Å². The third kappa shape index (κ3) is 4.76. The maximum Gasteiger partial charge on any atom is 0.137 e. The number of piperidine rings is 1. The summed E-state index contributed by atoms with van der Waals surface area (Å²) in [6.45, 7) is 2.67. The monoisotopic (exact) mass is 425 g/mol. The van der Waals surface area contributed by atoms with Gasteiger partial charge >= 0.3 is 0 Å². The zero-order valence-corrected chi connectivity index (χ0v) is 16.8. The largest absolute Gasteiger partial charge is 0.496 e. The average Bonchev–Trinajstić information content (AvgIpc) is 2.67. The standard InChI is InChI=1S/C20H24BrNO2.ClH/c1-23-18-10-6-5-9-17(18)20(11-13-22-14-12-20)15-24-19(21)16-7-3-2-4-8-16;/h2-10,19,22H,11-15H2,1H3;1H. The van der Waals surface area contributed by atoms with E-state index < -0.39 is 0 Å². The Hall–Kier alpha value is -1.07. The third-order valence-corrected chi connectivity index (χ3v) is 5.60. The second-order valence-corrected chi connectivity index (χ2v) is 7.10. The number of methoxy groups -OCH3 is 1. The lowest BCUT2D eigenvalue weighted by molar-refractivity contribution is 0.0534. The first-order valence-corrected chi connectivity index (χ1v) is 9.32. The maximum atomic E-state index is 6.26. The molecule has 2 aromatic rings. The van der Waals surface area contributed by atoms with Crippen molar-refractivity contribution in [2.75, 3.05) is 26.8 Å². The summed E-state index contributed by atoms with van der Waals surface area (Å²) in [5.74, 6) is 0.953. The molecule has 1 heterocycles. The molecule has 0 bridgehead atoms. The highest BCUT2D eigenvalue weighted by atomic mass is 79.9. The summed E-state index contributed by atoms with van der Waals surface area (Å²) in [6, 6.07) is 18.6. The second-order valence-electron chi connectivity index (χ2n) is 6.27. The predicted octanol–water partition coefficient (Wildman–Crippen LogP) is 4.85. The highest BCUT2D eigenvalue weighted by molar-refractivity contribution is 9.09. The first kappa shape index (κ1) is 20.2. The van der Waals surface area contributed by atoms with E-state index in [0.29, 0.717) is 6.61 Å². The van der Waals surface area contributed by atoms with Crippen molar-refractivity contribution in [3.05, 3.63) is 65.7 Å². The van der Waals surface area contributed by atoms with Crippen LogP contribution in [0.15, 0.2) is 54.6 Å². The van der Waals surface area contributed by atoms with Gasteiger partial charge in [0.1, 0.15) is 10.8 Å². The van der Waals surface area contributed by atoms with E-state index in [0.717, 1.165) is 37.2 Å². The third-order valence-electron chi connectivity index (χ3n) is 4.81. The van der Waals surface area contributed by atoms with E-state index in [1.54, 1.807) is 7.11 Å². The number of halogens is 2. The minimum absolute atomic E-state index is 0. The van der Waals surface area contributed by atoms with E-state index in [1.807, 2.05) is 30.3 Å². The number of hydrogen-bond donors (Lipinski definition) is 1. The Labute approximate surface area is 164 Å². The van der Waals surface area contributed by atoms with Crippen LogP contribution in [0.1, 0.15) is 29.0 Å². The molecule has 3 nitrogen and oxygen atoms in total. The number of rotatable bonds is 6. The van der Waals surface area contributed by atoms with E-state index in [-0.39, 0.29) is 22.8 Å². The Balaban J connectivity index is 0.00000225. The molecule has 1 unspecified atom stereocenters. The molecule has 0 spiro atoms. The van der Waals surface area contributed by atoms with E-state index in [1.165, 1.54) is 5.56 Å². The molecule has 25 heavy (non-hydrogen) atoms. The Kier molecular flexibility index (Phi) is 7.76. The van der Waals surface area contributed by atoms with Crippen LogP contribution in [-0.4, -0.2) is 26.8 Å². The fourth-order valence-corrected chi connectivity index (χ4v) is 3.85. The van der Waals surface area contributed by atoms with Crippen LogP contribution < -0.4 is 10.1 Å². The molecule has 0 radical (unpaired) electrons. The van der Waals surface area contributed by atoms with Crippen LogP contribution in [0.4, 0.5) is 0 Å². The van der Waals surface area contributed by atoms with Gasteiger partial charge in [-0.1, -0.05) is 64.5 Å². The number of ether oxygens (including phenoxy) is 2. The molecule has 1 atom stereocenters. The summed E-state index contributed by atoms with van der Waals surface area (Å²) < 4.78 is 11.9. The SMILES string of the molecule is COc1ccccc1C1(COC(Br)c2ccccc2)CCNCC1.Cl. The quantitative estimate of drug-likeness (QED) is 0.670. The van der Waals surface area contributed by atoms with Crippen molar-refractivity contribution in [2.45, 2.75) is 23.3 Å². The molecule has 1 aliphatic heterocycles. The molecule has 1 N–H and O–H groups in total. The highest BCUT2D eigenvalue weighted by Gasteiger charge is 2.37. The highest BCUT2D eigenvalue weighted by Crippen LogP contribution is 2.40. The zero-order chi connectivity index (χ0) is 16.8. The lowest BCUT2D eigenvalue weighted by Gasteiger charge is -2.39. The summed E-state index contributed by atoms with van der Waals surface area (Å²) in [5, 5.41) is 3.36. The lowest BCUT2D eigenvalue weighted by atomic mass is 9.73. The van der Waals surface area contributed by atoms with Crippen LogP contribution in [-0.2, 0) is 10.2 Å². The summed E-state index contributed by atoms with van der Waals surface area (Å²) in [5.41, 5.74) is 2.38. The second kappa shape index (κ2) is 9.58. The fourth-order valence-electron chi connectivity index (χ4n) is 3.41. The predicted molar refractivity (Wildman–Crippen MR) is 108 cm³/mol. The molecule has 0 saturated carbocycles. The summed E-state index contributed by atoms with van der Waals surface area (Å²) in [6.07, 6.45) is 2.09. The number of nitrogens with one attached hydrogen (secondary N) is 1. The normalized spacial score (nSPS) is 17.4. The van der Waals surface area contributed by atoms with Crippen molar-refractivity contribution in [1.29, 1.82) is 0 Å². The average molecular weight is 427 g/mol. The van der Waals surface area contributed by atoms with Gasteiger partial charge in [-0.3, -0.25) is 0 Å². The molecule has 3 rings (SSSR count). The van der Waals surface area contributed by atoms with Crippen LogP contribution in [0.5, 0.6) is 5.75 Å². The molecule has 0 aromatic heterocycles. The van der Waals surface area contributed by atoms with Gasteiger partial charge in [0, 0.05) is 11.0 Å². The molecule has 0 amide bonds. The van der Waals surface area contributed by atoms with Crippen molar-refractivity contribution in [2.24, 2.45) is 0 Å². The van der Waals surface area contributed by atoms with Gasteiger partial charge in [0.25, 0.3) is 0 Å². The Morgan fingerprint density at radius 2 is 1.68 bits per heavy atom. The Morgan fingerprint density at radius 1 is 1.04 bits per heavy atom. The molecule has 0 aliphatic carbocycles. The Bertz CT molecular complexity index is 647. The molecule has 2 aromatic carbocycles. The van der Waals surface area contributed by atoms with Gasteiger partial charge in [-0.05, 0) is 37.6 Å². The van der Waals surface area contributed by atoms with Gasteiger partial charge in [0.05, 0.1) is 13.7 Å². The van der Waals surface area contributed by atoms with Crippen molar-refractivity contribution >= 4 is 28.3 Å². The van der Waals surface area contributed by atoms with Crippen LogP contribution in [0.25, 0.3) is 0 Å². The van der Waals surface area contributed by atoms with Crippen molar-refractivity contribution in [3.8, 4) is 5.75 Å². The molecule has 1 fully saturated rings. The van der Waals surface area contributed by atoms with E-state index in [4.69, 9.17) is 9.47 Å². The maximum absolute atomic E-state index is 6.26. The molecular weight excluding hydrogens is 402 g/mol. The van der Waals surface area contributed by atoms with Gasteiger partial charge in [-0.15, -0.1) is 12.4 Å². The minimum atomic E-state index is -0.0971. The van der Waals surface area contributed by atoms with Gasteiger partial charge in [0.2, 0.25) is 0 Å². The van der Waals surface area contributed by atoms with Crippen LogP contribution >= 0.6 is 28.3 Å².